The van der Waals surface area contributed by atoms with Crippen LogP contribution in [0.25, 0.3) is 16.6 Å². The van der Waals surface area contributed by atoms with Gasteiger partial charge in [0.2, 0.25) is 0 Å². The molecule has 0 saturated carbocycles. The number of pyridine rings is 1. The van der Waals surface area contributed by atoms with Crippen LogP contribution in [0.3, 0.4) is 0 Å². The van der Waals surface area contributed by atoms with E-state index in [1.54, 1.807) is 67.0 Å². The lowest BCUT2D eigenvalue weighted by Gasteiger charge is -2.19. The molecule has 0 radical (unpaired) electrons. The summed E-state index contributed by atoms with van der Waals surface area (Å²) in [6.07, 6.45) is 3.79. The highest BCUT2D eigenvalue weighted by atomic mass is 35.5. The summed E-state index contributed by atoms with van der Waals surface area (Å²) in [5, 5.41) is 4.32. The highest BCUT2D eigenvalue weighted by Gasteiger charge is 2.53. The second kappa shape index (κ2) is 8.39. The van der Waals surface area contributed by atoms with Gasteiger partial charge >= 0.3 is 6.03 Å². The minimum atomic E-state index is -0.776. The standard InChI is InChI=1S/C26H20ClN5O4/c27-19-14-28-21-13-15(4-9-18(19)21)24(34)29-20-10-12-31-23(20)25(35)32(26(31)36)17-7-5-16(6-8-17)30-11-2-1-3-22(30)33/h1-9,11,13-14,20,23,28H,10,12H2,(H,29,34)/t20-,23+/m1/s1. The van der Waals surface area contributed by atoms with Crippen LogP contribution in [0.2, 0.25) is 5.02 Å². The minimum absolute atomic E-state index is 0.184. The lowest BCUT2D eigenvalue weighted by Crippen LogP contribution is -2.46. The molecule has 4 heterocycles. The summed E-state index contributed by atoms with van der Waals surface area (Å²) >= 11 is 6.12. The fourth-order valence-electron chi connectivity index (χ4n) is 4.94. The van der Waals surface area contributed by atoms with Crippen molar-refractivity contribution in [1.29, 1.82) is 0 Å². The number of rotatable bonds is 4. The summed E-state index contributed by atoms with van der Waals surface area (Å²) in [5.74, 6) is -0.718. The van der Waals surface area contributed by atoms with Crippen LogP contribution in [0, 0.1) is 0 Å². The van der Waals surface area contributed by atoms with Gasteiger partial charge in [0.05, 0.1) is 16.8 Å². The number of hydrogen-bond donors (Lipinski definition) is 2. The number of amides is 4. The van der Waals surface area contributed by atoms with Crippen LogP contribution >= 0.6 is 11.6 Å². The predicted molar refractivity (Wildman–Crippen MR) is 135 cm³/mol. The van der Waals surface area contributed by atoms with Gasteiger partial charge in [-0.2, -0.15) is 0 Å². The molecule has 2 fully saturated rings. The minimum Gasteiger partial charge on any atom is -0.360 e. The largest absolute Gasteiger partial charge is 0.360 e. The number of H-pyrrole nitrogens is 1. The van der Waals surface area contributed by atoms with Gasteiger partial charge in [0.15, 0.2) is 0 Å². The van der Waals surface area contributed by atoms with Gasteiger partial charge in [-0.3, -0.25) is 19.0 Å². The summed E-state index contributed by atoms with van der Waals surface area (Å²) < 4.78 is 1.47. The Morgan fingerprint density at radius 1 is 1.00 bits per heavy atom. The molecular weight excluding hydrogens is 482 g/mol. The van der Waals surface area contributed by atoms with Crippen LogP contribution in [0.1, 0.15) is 16.8 Å². The first-order valence-corrected chi connectivity index (χ1v) is 11.8. The third-order valence-corrected chi connectivity index (χ3v) is 7.04. The second-order valence-corrected chi connectivity index (χ2v) is 9.19. The Balaban J connectivity index is 1.21. The molecule has 0 aliphatic carbocycles. The van der Waals surface area contributed by atoms with Crippen molar-refractivity contribution in [2.24, 2.45) is 0 Å². The molecule has 10 heteroatoms. The molecule has 2 N–H and O–H groups in total. The molecule has 2 aliphatic rings. The topological polar surface area (TPSA) is 108 Å². The van der Waals surface area contributed by atoms with E-state index in [9.17, 15) is 19.2 Å². The van der Waals surface area contributed by atoms with Crippen molar-refractivity contribution in [3.8, 4) is 5.69 Å². The molecule has 6 rings (SSSR count). The molecule has 2 aliphatic heterocycles. The van der Waals surface area contributed by atoms with E-state index in [1.165, 1.54) is 15.5 Å². The number of benzene rings is 2. The zero-order valence-corrected chi connectivity index (χ0v) is 19.6. The fraction of sp³-hybridized carbons (Fsp3) is 0.154. The Morgan fingerprint density at radius 2 is 1.78 bits per heavy atom. The number of halogens is 1. The van der Waals surface area contributed by atoms with E-state index in [4.69, 9.17) is 11.6 Å². The van der Waals surface area contributed by atoms with Crippen molar-refractivity contribution < 1.29 is 14.4 Å². The maximum atomic E-state index is 13.4. The van der Waals surface area contributed by atoms with Crippen molar-refractivity contribution in [3.63, 3.8) is 0 Å². The number of fused-ring (bicyclic) bond motifs is 2. The van der Waals surface area contributed by atoms with Crippen LogP contribution in [-0.2, 0) is 4.79 Å². The third-order valence-electron chi connectivity index (χ3n) is 6.73. The van der Waals surface area contributed by atoms with Crippen molar-refractivity contribution in [2.75, 3.05) is 11.4 Å². The maximum Gasteiger partial charge on any atom is 0.332 e. The third kappa shape index (κ3) is 3.47. The van der Waals surface area contributed by atoms with E-state index >= 15 is 0 Å². The van der Waals surface area contributed by atoms with Crippen LogP contribution in [0.4, 0.5) is 10.5 Å². The number of urea groups is 1. The summed E-state index contributed by atoms with van der Waals surface area (Å²) in [4.78, 5) is 57.2. The number of hydrogen-bond acceptors (Lipinski definition) is 4. The smallest absolute Gasteiger partial charge is 0.332 e. The number of imide groups is 1. The molecule has 0 bridgehead atoms. The Bertz CT molecular complexity index is 1590. The quantitative estimate of drug-likeness (QED) is 0.418. The van der Waals surface area contributed by atoms with Gasteiger partial charge in [0, 0.05) is 47.2 Å². The van der Waals surface area contributed by atoms with Gasteiger partial charge in [-0.05, 0) is 48.9 Å². The number of carbonyl (C=O) groups excluding carboxylic acids is 3. The average molecular weight is 502 g/mol. The summed E-state index contributed by atoms with van der Waals surface area (Å²) in [7, 11) is 0. The molecule has 2 atom stereocenters. The summed E-state index contributed by atoms with van der Waals surface area (Å²) in [5.41, 5.74) is 2.01. The van der Waals surface area contributed by atoms with E-state index in [1.807, 2.05) is 0 Å². The molecule has 2 aromatic heterocycles. The van der Waals surface area contributed by atoms with E-state index in [2.05, 4.69) is 10.3 Å². The number of carbonyl (C=O) groups is 3. The Hall–Kier alpha value is -4.37. The molecule has 4 amide bonds. The first-order chi connectivity index (χ1) is 17.4. The van der Waals surface area contributed by atoms with Gasteiger partial charge in [-0.25, -0.2) is 9.69 Å². The van der Waals surface area contributed by atoms with Crippen molar-refractivity contribution in [2.45, 2.75) is 18.5 Å². The zero-order chi connectivity index (χ0) is 25.0. The molecule has 2 saturated heterocycles. The second-order valence-electron chi connectivity index (χ2n) is 8.79. The highest BCUT2D eigenvalue weighted by Crippen LogP contribution is 2.32. The Kier molecular flexibility index (Phi) is 5.15. The van der Waals surface area contributed by atoms with Gasteiger partial charge in [-0.15, -0.1) is 0 Å². The molecule has 0 spiro atoms. The number of aromatic nitrogens is 2. The molecule has 36 heavy (non-hydrogen) atoms. The zero-order valence-electron chi connectivity index (χ0n) is 18.8. The lowest BCUT2D eigenvalue weighted by molar-refractivity contribution is -0.119. The van der Waals surface area contributed by atoms with Crippen LogP contribution < -0.4 is 15.8 Å². The SMILES string of the molecule is O=C(N[C@@H]1CCN2C(=O)N(c3ccc(-n4ccccc4=O)cc3)C(=O)[C@H]12)c1ccc2c(Cl)c[nH]c2c1. The van der Waals surface area contributed by atoms with Crippen molar-refractivity contribution in [3.05, 3.63) is 94.0 Å². The highest BCUT2D eigenvalue weighted by molar-refractivity contribution is 6.35. The lowest BCUT2D eigenvalue weighted by atomic mass is 10.1. The van der Waals surface area contributed by atoms with Gasteiger partial charge in [0.1, 0.15) is 6.04 Å². The van der Waals surface area contributed by atoms with E-state index in [0.717, 1.165) is 15.8 Å². The fourth-order valence-corrected chi connectivity index (χ4v) is 5.16. The first kappa shape index (κ1) is 22.1. The van der Waals surface area contributed by atoms with Crippen molar-refractivity contribution in [1.82, 2.24) is 19.8 Å². The molecule has 4 aromatic rings. The molecule has 2 aromatic carbocycles. The monoisotopic (exact) mass is 501 g/mol. The molecule has 0 unspecified atom stereocenters. The Labute approximate surface area is 209 Å². The van der Waals surface area contributed by atoms with Crippen LogP contribution in [0.5, 0.6) is 0 Å². The van der Waals surface area contributed by atoms with Crippen LogP contribution in [-0.4, -0.2) is 50.9 Å². The number of nitrogens with zero attached hydrogens (tertiary/aromatic N) is 3. The molecular formula is C26H20ClN5O4. The Morgan fingerprint density at radius 3 is 2.56 bits per heavy atom. The summed E-state index contributed by atoms with van der Waals surface area (Å²) in [6, 6.07) is 14.9. The first-order valence-electron chi connectivity index (χ1n) is 11.4. The van der Waals surface area contributed by atoms with E-state index in [-0.39, 0.29) is 17.4 Å². The molecule has 180 valence electrons. The van der Waals surface area contributed by atoms with E-state index in [0.29, 0.717) is 34.9 Å². The van der Waals surface area contributed by atoms with Gasteiger partial charge in [-0.1, -0.05) is 23.7 Å². The average Bonchev–Trinajstić information content (AvgIpc) is 3.54. The maximum absolute atomic E-state index is 13.4. The molecule has 9 nitrogen and oxygen atoms in total. The normalized spacial score (nSPS) is 19.2. The van der Waals surface area contributed by atoms with Crippen molar-refractivity contribution >= 4 is 46.0 Å². The number of aromatic amines is 1. The predicted octanol–water partition coefficient (Wildman–Crippen LogP) is 3.31. The number of anilines is 1. The van der Waals surface area contributed by atoms with Gasteiger partial charge in [0.25, 0.3) is 17.4 Å². The van der Waals surface area contributed by atoms with Gasteiger partial charge < -0.3 is 15.2 Å². The number of nitrogens with one attached hydrogen (secondary N) is 2. The van der Waals surface area contributed by atoms with E-state index < -0.39 is 18.1 Å². The summed E-state index contributed by atoms with van der Waals surface area (Å²) in [6.45, 7) is 0.361. The van der Waals surface area contributed by atoms with Crippen LogP contribution in [0.15, 0.2) is 77.9 Å².